The van der Waals surface area contributed by atoms with Gasteiger partial charge in [0.2, 0.25) is 0 Å². The summed E-state index contributed by atoms with van der Waals surface area (Å²) in [5.74, 6) is 1.08. The van der Waals surface area contributed by atoms with Crippen molar-refractivity contribution in [3.8, 4) is 6.07 Å². The maximum atomic E-state index is 9.48. The number of imidazole rings is 1. The molecule has 1 unspecified atom stereocenters. The third-order valence-corrected chi connectivity index (χ3v) is 4.13. The Morgan fingerprint density at radius 1 is 1.29 bits per heavy atom. The van der Waals surface area contributed by atoms with Crippen LogP contribution in [-0.4, -0.2) is 27.5 Å². The zero-order valence-electron chi connectivity index (χ0n) is 11.9. The van der Waals surface area contributed by atoms with Crippen molar-refractivity contribution in [3.63, 3.8) is 0 Å². The van der Waals surface area contributed by atoms with Crippen molar-refractivity contribution in [2.24, 2.45) is 5.73 Å². The fourth-order valence-electron chi connectivity index (χ4n) is 2.75. The minimum atomic E-state index is -0.922. The maximum Gasteiger partial charge on any atom is 0.131 e. The van der Waals surface area contributed by atoms with Gasteiger partial charge < -0.3 is 10.3 Å². The smallest absolute Gasteiger partial charge is 0.131 e. The summed E-state index contributed by atoms with van der Waals surface area (Å²) in [4.78, 5) is 6.66. The first-order valence-electron chi connectivity index (χ1n) is 7.19. The Bertz CT molecular complexity index is 642. The van der Waals surface area contributed by atoms with Crippen LogP contribution >= 0.6 is 0 Å². The van der Waals surface area contributed by atoms with E-state index in [1.165, 1.54) is 0 Å². The predicted molar refractivity (Wildman–Crippen MR) is 80.0 cm³/mol. The van der Waals surface area contributed by atoms with Crippen LogP contribution in [0.5, 0.6) is 0 Å². The molecule has 1 aromatic heterocycles. The average molecular weight is 281 g/mol. The van der Waals surface area contributed by atoms with Crippen LogP contribution in [0.25, 0.3) is 0 Å². The molecule has 2 N–H and O–H groups in total. The van der Waals surface area contributed by atoms with E-state index in [-0.39, 0.29) is 0 Å². The van der Waals surface area contributed by atoms with Crippen LogP contribution < -0.4 is 5.73 Å². The van der Waals surface area contributed by atoms with Gasteiger partial charge >= 0.3 is 0 Å². The van der Waals surface area contributed by atoms with Crippen LogP contribution in [-0.2, 0) is 18.6 Å². The molecule has 3 rings (SSSR count). The molecule has 0 spiro atoms. The molecule has 2 aromatic rings. The fourth-order valence-corrected chi connectivity index (χ4v) is 2.75. The number of nitrogens with two attached hydrogens (primary N) is 1. The molecule has 5 heteroatoms. The van der Waals surface area contributed by atoms with E-state index in [1.54, 1.807) is 0 Å². The van der Waals surface area contributed by atoms with Crippen LogP contribution in [0.2, 0.25) is 0 Å². The van der Waals surface area contributed by atoms with Gasteiger partial charge in [-0.3, -0.25) is 4.90 Å². The summed E-state index contributed by atoms with van der Waals surface area (Å²) in [7, 11) is 0. The van der Waals surface area contributed by atoms with E-state index >= 15 is 0 Å². The average Bonchev–Trinajstić information content (AvgIpc) is 3.01. The van der Waals surface area contributed by atoms with Gasteiger partial charge in [0.05, 0.1) is 12.6 Å². The zero-order valence-corrected chi connectivity index (χ0v) is 11.9. The van der Waals surface area contributed by atoms with Crippen molar-refractivity contribution in [1.82, 2.24) is 14.5 Å². The van der Waals surface area contributed by atoms with E-state index < -0.39 is 5.54 Å². The highest BCUT2D eigenvalue weighted by Gasteiger charge is 2.28. The van der Waals surface area contributed by atoms with Gasteiger partial charge in [0.25, 0.3) is 0 Å². The molecule has 0 aliphatic carbocycles. The Morgan fingerprint density at radius 3 is 2.86 bits per heavy atom. The highest BCUT2D eigenvalue weighted by atomic mass is 15.2. The summed E-state index contributed by atoms with van der Waals surface area (Å²) in [6.07, 6.45) is 4.47. The van der Waals surface area contributed by atoms with Gasteiger partial charge in [-0.05, 0) is 12.0 Å². The number of aromatic nitrogens is 2. The highest BCUT2D eigenvalue weighted by Crippen LogP contribution is 2.22. The number of hydrogen-bond acceptors (Lipinski definition) is 4. The second-order valence-electron chi connectivity index (χ2n) is 5.51. The Labute approximate surface area is 124 Å². The van der Waals surface area contributed by atoms with Crippen LogP contribution in [0.3, 0.4) is 0 Å². The van der Waals surface area contributed by atoms with Gasteiger partial charge in [0.1, 0.15) is 11.4 Å². The number of rotatable bonds is 4. The summed E-state index contributed by atoms with van der Waals surface area (Å²) in [6.45, 7) is 3.54. The van der Waals surface area contributed by atoms with Gasteiger partial charge in [-0.1, -0.05) is 30.3 Å². The highest BCUT2D eigenvalue weighted by molar-refractivity contribution is 5.30. The number of fused-ring (bicyclic) bond motifs is 1. The topological polar surface area (TPSA) is 70.9 Å². The largest absolute Gasteiger partial charge is 0.333 e. The molecule has 0 radical (unpaired) electrons. The van der Waals surface area contributed by atoms with Gasteiger partial charge in [0, 0.05) is 32.0 Å². The second kappa shape index (κ2) is 5.68. The normalized spacial score (nSPS) is 17.7. The fraction of sp³-hybridized carbons (Fsp3) is 0.375. The molecular formula is C16H19N5. The molecular weight excluding hydrogens is 262 g/mol. The first-order chi connectivity index (χ1) is 10.2. The molecule has 5 nitrogen and oxygen atoms in total. The van der Waals surface area contributed by atoms with Crippen molar-refractivity contribution in [2.75, 3.05) is 13.1 Å². The molecule has 1 aromatic carbocycles. The van der Waals surface area contributed by atoms with Crippen LogP contribution in [0.4, 0.5) is 0 Å². The second-order valence-corrected chi connectivity index (χ2v) is 5.51. The van der Waals surface area contributed by atoms with Gasteiger partial charge in [0.15, 0.2) is 0 Å². The van der Waals surface area contributed by atoms with Crippen LogP contribution in [0, 0.1) is 11.3 Å². The van der Waals surface area contributed by atoms with E-state index in [2.05, 4.69) is 20.5 Å². The third kappa shape index (κ3) is 2.82. The molecule has 1 aliphatic rings. The van der Waals surface area contributed by atoms with E-state index in [4.69, 9.17) is 5.73 Å². The Hall–Kier alpha value is -2.16. The molecule has 1 aliphatic heterocycles. The van der Waals surface area contributed by atoms with E-state index in [1.807, 2.05) is 42.7 Å². The lowest BCUT2D eigenvalue weighted by molar-refractivity contribution is 0.203. The summed E-state index contributed by atoms with van der Waals surface area (Å²) in [5, 5.41) is 9.48. The Morgan fingerprint density at radius 2 is 2.10 bits per heavy atom. The van der Waals surface area contributed by atoms with Gasteiger partial charge in [-0.15, -0.1) is 0 Å². The Kier molecular flexibility index (Phi) is 3.74. The van der Waals surface area contributed by atoms with Gasteiger partial charge in [-0.2, -0.15) is 5.26 Å². The quantitative estimate of drug-likeness (QED) is 0.921. The molecule has 0 amide bonds. The first-order valence-corrected chi connectivity index (χ1v) is 7.19. The molecule has 0 bridgehead atoms. The maximum absolute atomic E-state index is 9.48. The minimum absolute atomic E-state index is 0.619. The summed E-state index contributed by atoms with van der Waals surface area (Å²) >= 11 is 0. The first kappa shape index (κ1) is 13.8. The Balaban J connectivity index is 1.66. The standard InChI is InChI=1S/C16H19N5/c17-13-16(18,14-4-2-1-3-5-14)6-8-20-10-11-21-9-7-19-15(21)12-20/h1-5,7,9H,6,8,10-12,18H2. The predicted octanol–water partition coefficient (Wildman–Crippen LogP) is 1.47. The molecule has 0 saturated heterocycles. The lowest BCUT2D eigenvalue weighted by Gasteiger charge is -2.30. The van der Waals surface area contributed by atoms with Crippen molar-refractivity contribution >= 4 is 0 Å². The van der Waals surface area contributed by atoms with Crippen molar-refractivity contribution in [2.45, 2.75) is 25.0 Å². The number of benzene rings is 1. The minimum Gasteiger partial charge on any atom is -0.333 e. The summed E-state index contributed by atoms with van der Waals surface area (Å²) in [5.41, 5.74) is 6.26. The molecule has 108 valence electrons. The van der Waals surface area contributed by atoms with E-state index in [0.717, 1.165) is 37.6 Å². The lowest BCUT2D eigenvalue weighted by Crippen LogP contribution is -2.41. The molecule has 0 fully saturated rings. The SMILES string of the molecule is N#CC(N)(CCN1CCn2ccnc2C1)c1ccccc1. The number of nitrogens with zero attached hydrogens (tertiary/aromatic N) is 4. The van der Waals surface area contributed by atoms with Crippen LogP contribution in [0.15, 0.2) is 42.7 Å². The van der Waals surface area contributed by atoms with Crippen LogP contribution in [0.1, 0.15) is 17.8 Å². The number of nitriles is 1. The summed E-state index contributed by atoms with van der Waals surface area (Å²) < 4.78 is 2.17. The molecule has 1 atom stereocenters. The zero-order chi connectivity index (χ0) is 14.7. The molecule has 2 heterocycles. The van der Waals surface area contributed by atoms with Gasteiger partial charge in [-0.25, -0.2) is 4.98 Å². The molecule has 21 heavy (non-hydrogen) atoms. The summed E-state index contributed by atoms with van der Waals surface area (Å²) in [6, 6.07) is 11.9. The molecule has 0 saturated carbocycles. The van der Waals surface area contributed by atoms with Crippen molar-refractivity contribution in [3.05, 3.63) is 54.1 Å². The number of hydrogen-bond donors (Lipinski definition) is 1. The van der Waals surface area contributed by atoms with E-state index in [9.17, 15) is 5.26 Å². The van der Waals surface area contributed by atoms with Crippen molar-refractivity contribution < 1.29 is 0 Å². The lowest BCUT2D eigenvalue weighted by atomic mass is 9.89. The third-order valence-electron chi connectivity index (χ3n) is 4.13. The monoisotopic (exact) mass is 281 g/mol. The van der Waals surface area contributed by atoms with Crippen molar-refractivity contribution in [1.29, 1.82) is 5.26 Å². The van der Waals surface area contributed by atoms with E-state index in [0.29, 0.717) is 6.42 Å².